The average molecular weight is 302 g/mol. The van der Waals surface area contributed by atoms with E-state index < -0.39 is 0 Å². The molecule has 1 aromatic heterocycles. The summed E-state index contributed by atoms with van der Waals surface area (Å²) in [6.07, 6.45) is 3.18. The Hall–Kier alpha value is -1.35. The number of hydrogen-bond acceptors (Lipinski definition) is 3. The molecule has 0 saturated heterocycles. The van der Waals surface area contributed by atoms with E-state index in [1.807, 2.05) is 6.20 Å². The van der Waals surface area contributed by atoms with Gasteiger partial charge in [0.2, 0.25) is 0 Å². The normalized spacial score (nSPS) is 13.2. The molecule has 0 aliphatic carbocycles. The summed E-state index contributed by atoms with van der Waals surface area (Å²) in [6, 6.07) is 8.80. The van der Waals surface area contributed by atoms with Crippen molar-refractivity contribution >= 4 is 17.0 Å². The van der Waals surface area contributed by atoms with Gasteiger partial charge < -0.3 is 5.32 Å². The maximum Gasteiger partial charge on any atom is 0.0981 e. The second-order valence-corrected chi connectivity index (χ2v) is 7.78. The lowest BCUT2D eigenvalue weighted by Gasteiger charge is -2.13. The van der Waals surface area contributed by atoms with Crippen molar-refractivity contribution in [1.82, 2.24) is 4.98 Å². The van der Waals surface area contributed by atoms with Gasteiger partial charge in [-0.2, -0.15) is 0 Å². The van der Waals surface area contributed by atoms with Gasteiger partial charge >= 0.3 is 0 Å². The predicted molar refractivity (Wildman–Crippen MR) is 93.3 cm³/mol. The van der Waals surface area contributed by atoms with Gasteiger partial charge in [-0.3, -0.25) is 0 Å². The molecule has 0 fully saturated rings. The summed E-state index contributed by atoms with van der Waals surface area (Å²) in [7, 11) is 0. The largest absolute Gasteiger partial charge is 0.380 e. The van der Waals surface area contributed by atoms with Gasteiger partial charge in [-0.1, -0.05) is 46.8 Å². The first-order valence-electron chi connectivity index (χ1n) is 7.69. The van der Waals surface area contributed by atoms with Crippen LogP contribution in [0.1, 0.15) is 62.4 Å². The molecule has 0 aliphatic rings. The van der Waals surface area contributed by atoms with E-state index in [4.69, 9.17) is 0 Å². The molecule has 0 saturated carbocycles. The number of anilines is 1. The van der Waals surface area contributed by atoms with Crippen LogP contribution in [-0.2, 0) is 12.0 Å². The van der Waals surface area contributed by atoms with Gasteiger partial charge in [0.1, 0.15) is 0 Å². The Labute approximate surface area is 132 Å². The van der Waals surface area contributed by atoms with Crippen LogP contribution in [0.3, 0.4) is 0 Å². The van der Waals surface area contributed by atoms with Crippen LogP contribution in [0.5, 0.6) is 0 Å². The van der Waals surface area contributed by atoms with Crippen molar-refractivity contribution in [2.75, 3.05) is 5.32 Å². The Bertz CT molecular complexity index is 564. The SMILES string of the molecule is CCC(C)c1ccc(NCc2cnc(C(C)(C)C)s2)cc1. The molecule has 3 heteroatoms. The first-order valence-corrected chi connectivity index (χ1v) is 8.51. The van der Waals surface area contributed by atoms with Crippen molar-refractivity contribution < 1.29 is 0 Å². The Morgan fingerprint density at radius 3 is 2.38 bits per heavy atom. The van der Waals surface area contributed by atoms with E-state index in [0.717, 1.165) is 6.54 Å². The summed E-state index contributed by atoms with van der Waals surface area (Å²) in [5.41, 5.74) is 2.73. The van der Waals surface area contributed by atoms with E-state index in [-0.39, 0.29) is 5.41 Å². The number of rotatable bonds is 5. The fourth-order valence-corrected chi connectivity index (χ4v) is 3.00. The monoisotopic (exact) mass is 302 g/mol. The van der Waals surface area contributed by atoms with E-state index in [9.17, 15) is 0 Å². The van der Waals surface area contributed by atoms with Crippen molar-refractivity contribution in [3.05, 3.63) is 45.9 Å². The van der Waals surface area contributed by atoms with Gasteiger partial charge in [-0.05, 0) is 30.0 Å². The molecule has 2 nitrogen and oxygen atoms in total. The molecule has 0 radical (unpaired) electrons. The maximum atomic E-state index is 4.53. The molecular formula is C18H26N2S. The van der Waals surface area contributed by atoms with Gasteiger partial charge in [0.15, 0.2) is 0 Å². The van der Waals surface area contributed by atoms with Gasteiger partial charge in [0, 0.05) is 22.2 Å². The van der Waals surface area contributed by atoms with Crippen LogP contribution < -0.4 is 5.32 Å². The highest BCUT2D eigenvalue weighted by atomic mass is 32.1. The fraction of sp³-hybridized carbons (Fsp3) is 0.500. The lowest BCUT2D eigenvalue weighted by Crippen LogP contribution is -2.09. The highest BCUT2D eigenvalue weighted by Gasteiger charge is 2.17. The lowest BCUT2D eigenvalue weighted by molar-refractivity contribution is 0.585. The van der Waals surface area contributed by atoms with E-state index in [1.165, 1.54) is 27.6 Å². The zero-order valence-electron chi connectivity index (χ0n) is 13.7. The molecule has 0 spiro atoms. The molecule has 21 heavy (non-hydrogen) atoms. The molecule has 0 amide bonds. The van der Waals surface area contributed by atoms with E-state index in [0.29, 0.717) is 5.92 Å². The topological polar surface area (TPSA) is 24.9 Å². The Balaban J connectivity index is 1.95. The Morgan fingerprint density at radius 2 is 1.86 bits per heavy atom. The van der Waals surface area contributed by atoms with Crippen molar-refractivity contribution in [3.8, 4) is 0 Å². The third-order valence-corrected chi connectivity index (χ3v) is 5.18. The summed E-state index contributed by atoms with van der Waals surface area (Å²) in [4.78, 5) is 5.81. The summed E-state index contributed by atoms with van der Waals surface area (Å²) < 4.78 is 0. The molecular weight excluding hydrogens is 276 g/mol. The quantitative estimate of drug-likeness (QED) is 0.781. The first-order chi connectivity index (χ1) is 9.90. The van der Waals surface area contributed by atoms with Gasteiger partial charge in [0.05, 0.1) is 11.6 Å². The number of benzene rings is 1. The maximum absolute atomic E-state index is 4.53. The minimum absolute atomic E-state index is 0.140. The number of aromatic nitrogens is 1. The van der Waals surface area contributed by atoms with Crippen LogP contribution in [0.4, 0.5) is 5.69 Å². The second-order valence-electron chi connectivity index (χ2n) is 6.67. The first kappa shape index (κ1) is 16.0. The minimum Gasteiger partial charge on any atom is -0.380 e. The van der Waals surface area contributed by atoms with Crippen molar-refractivity contribution in [1.29, 1.82) is 0 Å². The molecule has 0 aliphatic heterocycles. The summed E-state index contributed by atoms with van der Waals surface area (Å²) in [6.45, 7) is 12.0. The molecule has 1 heterocycles. The fourth-order valence-electron chi connectivity index (χ4n) is 2.09. The third kappa shape index (κ3) is 4.31. The van der Waals surface area contributed by atoms with Gasteiger partial charge in [-0.25, -0.2) is 4.98 Å². The molecule has 2 aromatic rings. The lowest BCUT2D eigenvalue weighted by atomic mass is 9.98. The van der Waals surface area contributed by atoms with Crippen LogP contribution in [0.15, 0.2) is 30.5 Å². The number of nitrogens with one attached hydrogen (secondary N) is 1. The molecule has 1 atom stereocenters. The van der Waals surface area contributed by atoms with Crippen LogP contribution in [0.2, 0.25) is 0 Å². The Kier molecular flexibility index (Phi) is 5.04. The average Bonchev–Trinajstić information content (AvgIpc) is 2.94. The van der Waals surface area contributed by atoms with Gasteiger partial charge in [-0.15, -0.1) is 11.3 Å². The van der Waals surface area contributed by atoms with Crippen LogP contribution in [-0.4, -0.2) is 4.98 Å². The molecule has 1 unspecified atom stereocenters. The zero-order valence-corrected chi connectivity index (χ0v) is 14.6. The number of thiazole rings is 1. The number of hydrogen-bond donors (Lipinski definition) is 1. The predicted octanol–water partition coefficient (Wildman–Crippen LogP) is 5.57. The summed E-state index contributed by atoms with van der Waals surface area (Å²) in [5, 5.41) is 4.68. The number of nitrogens with zero attached hydrogens (tertiary/aromatic N) is 1. The van der Waals surface area contributed by atoms with Crippen LogP contribution in [0.25, 0.3) is 0 Å². The third-order valence-electron chi connectivity index (χ3n) is 3.75. The molecule has 0 bridgehead atoms. The van der Waals surface area contributed by atoms with E-state index in [2.05, 4.69) is 69.2 Å². The summed E-state index contributed by atoms with van der Waals surface area (Å²) >= 11 is 1.80. The van der Waals surface area contributed by atoms with E-state index >= 15 is 0 Å². The Morgan fingerprint density at radius 1 is 1.19 bits per heavy atom. The highest BCUT2D eigenvalue weighted by molar-refractivity contribution is 7.11. The summed E-state index contributed by atoms with van der Waals surface area (Å²) in [5.74, 6) is 0.634. The minimum atomic E-state index is 0.140. The smallest absolute Gasteiger partial charge is 0.0981 e. The van der Waals surface area contributed by atoms with Crippen molar-refractivity contribution in [2.45, 2.75) is 58.9 Å². The van der Waals surface area contributed by atoms with Crippen LogP contribution in [0, 0.1) is 0 Å². The molecule has 1 aromatic carbocycles. The highest BCUT2D eigenvalue weighted by Crippen LogP contribution is 2.27. The van der Waals surface area contributed by atoms with Crippen molar-refractivity contribution in [3.63, 3.8) is 0 Å². The molecule has 2 rings (SSSR count). The zero-order chi connectivity index (χ0) is 15.5. The van der Waals surface area contributed by atoms with Crippen molar-refractivity contribution in [2.24, 2.45) is 0 Å². The van der Waals surface area contributed by atoms with Crippen LogP contribution >= 0.6 is 11.3 Å². The second kappa shape index (κ2) is 6.61. The molecule has 114 valence electrons. The standard InChI is InChI=1S/C18H26N2S/c1-6-13(2)14-7-9-15(10-8-14)19-11-16-12-20-17(21-16)18(3,4)5/h7-10,12-13,19H,6,11H2,1-5H3. The van der Waals surface area contributed by atoms with Gasteiger partial charge in [0.25, 0.3) is 0 Å². The van der Waals surface area contributed by atoms with E-state index in [1.54, 1.807) is 11.3 Å². The molecule has 1 N–H and O–H groups in total.